The van der Waals surface area contributed by atoms with Crippen LogP contribution in [0.5, 0.6) is 0 Å². The van der Waals surface area contributed by atoms with Crippen molar-refractivity contribution in [3.05, 3.63) is 102 Å². The monoisotopic (exact) mass is 2070 g/mol. The molecular formula is C80H106N6O21SSe2Te3. The molecule has 9 saturated heterocycles. The summed E-state index contributed by atoms with van der Waals surface area (Å²) in [5.74, 6) is -3.82. The molecule has 6 amide bonds. The fourth-order valence-electron chi connectivity index (χ4n) is 20.5. The Bertz CT molecular complexity index is 4160. The summed E-state index contributed by atoms with van der Waals surface area (Å²) in [5.41, 5.74) is 2.95. The summed E-state index contributed by atoms with van der Waals surface area (Å²) < 4.78 is 70.8. The fraction of sp³-hybridized carbons (Fsp3) is 0.662. The average Bonchev–Trinajstić information content (AvgIpc) is 1.55. The van der Waals surface area contributed by atoms with Gasteiger partial charge in [-0.25, -0.2) is 0 Å². The number of β-lactam (4-membered cyclic amide) rings is 6. The van der Waals surface area contributed by atoms with E-state index in [-0.39, 0.29) is 85.8 Å². The second kappa shape index (κ2) is 33.4. The van der Waals surface area contributed by atoms with Crippen molar-refractivity contribution < 1.29 is 95.0 Å². The van der Waals surface area contributed by atoms with Crippen LogP contribution >= 0.6 is 0 Å². The van der Waals surface area contributed by atoms with E-state index >= 15 is 0 Å². The number of fused-ring (bicyclic) bond motifs is 6. The van der Waals surface area contributed by atoms with Crippen LogP contribution in [0.1, 0.15) is 171 Å². The van der Waals surface area contributed by atoms with Crippen LogP contribution < -0.4 is 31.9 Å². The van der Waals surface area contributed by atoms with Gasteiger partial charge < -0.3 is 10.4 Å². The molecule has 0 bridgehead atoms. The van der Waals surface area contributed by atoms with Gasteiger partial charge >= 0.3 is 583 Å². The summed E-state index contributed by atoms with van der Waals surface area (Å²) in [6, 6.07) is -1.96. The number of nitrogens with one attached hydrogen (secondary N) is 6. The first-order valence-electron chi connectivity index (χ1n) is 39.7. The van der Waals surface area contributed by atoms with Crippen LogP contribution in [-0.2, 0) is 70.9 Å². The zero-order valence-electron chi connectivity index (χ0n) is 64.6. The molecule has 0 saturated carbocycles. The third-order valence-electron chi connectivity index (χ3n) is 27.6. The van der Waals surface area contributed by atoms with Crippen molar-refractivity contribution in [1.29, 1.82) is 0 Å². The van der Waals surface area contributed by atoms with E-state index in [4.69, 9.17) is 0 Å². The van der Waals surface area contributed by atoms with Crippen LogP contribution in [0, 0.1) is 53.3 Å². The molecule has 12 aliphatic heterocycles. The van der Waals surface area contributed by atoms with Crippen molar-refractivity contribution in [1.82, 2.24) is 31.9 Å². The zero-order valence-corrected chi connectivity index (χ0v) is 75.8. The van der Waals surface area contributed by atoms with Crippen molar-refractivity contribution in [2.75, 3.05) is 0 Å². The molecule has 113 heavy (non-hydrogen) atoms. The number of carbonyl (C=O) groups is 9. The molecule has 618 valence electrons. The second-order valence-electron chi connectivity index (χ2n) is 33.4. The Morgan fingerprint density at radius 2 is 0.805 bits per heavy atom. The first kappa shape index (κ1) is 86.7. The van der Waals surface area contributed by atoms with E-state index in [1.165, 1.54) is 0 Å². The summed E-state index contributed by atoms with van der Waals surface area (Å²) in [5, 5.41) is 79.9. The Morgan fingerprint density at radius 3 is 1.18 bits per heavy atom. The predicted molar refractivity (Wildman–Crippen MR) is 416 cm³/mol. The Labute approximate surface area is 689 Å². The van der Waals surface area contributed by atoms with Crippen LogP contribution in [0.25, 0.3) is 0 Å². The van der Waals surface area contributed by atoms with Gasteiger partial charge in [-0.2, -0.15) is 0 Å². The van der Waals surface area contributed by atoms with E-state index in [2.05, 4.69) is 50.1 Å². The molecule has 18 rings (SSSR count). The maximum atomic E-state index is 12.7. The summed E-state index contributed by atoms with van der Waals surface area (Å²) in [6.45, 7) is 14.5. The molecule has 18 aliphatic rings. The molecule has 6 unspecified atom stereocenters. The predicted octanol–water partition coefficient (Wildman–Crippen LogP) is 3.48. The van der Waals surface area contributed by atoms with Gasteiger partial charge in [0.2, 0.25) is 11.0 Å². The fourth-order valence-corrected chi connectivity index (χ4v) is 46.9. The number of carbonyl (C=O) groups excluding carboxylic acids is 9. The summed E-state index contributed by atoms with van der Waals surface area (Å²) in [4.78, 5) is 108. The number of rotatable bonds is 12. The molecule has 33 heteroatoms. The Morgan fingerprint density at radius 1 is 0.416 bits per heavy atom. The molecule has 0 spiro atoms. The molecule has 0 aromatic heterocycles. The van der Waals surface area contributed by atoms with Crippen LogP contribution in [-0.4, -0.2) is 248 Å². The van der Waals surface area contributed by atoms with Gasteiger partial charge in [0, 0.05) is 5.92 Å². The van der Waals surface area contributed by atoms with Crippen LogP contribution in [0.3, 0.4) is 0 Å². The second-order valence-corrected chi connectivity index (χ2v) is 56.4. The minimum absolute atomic E-state index is 0.0241. The van der Waals surface area contributed by atoms with Crippen LogP contribution in [0.2, 0.25) is 19.0 Å². The number of allylic oxidation sites excluding steroid dienone is 8. The molecule has 0 radical (unpaired) electrons. The average molecular weight is 2060 g/mol. The number of aliphatic hydroxyl groups excluding tert-OH is 6. The first-order valence-corrected chi connectivity index (χ1v) is 55.7. The normalized spacial score (nSPS) is 43.3. The van der Waals surface area contributed by atoms with E-state index in [9.17, 15) is 95.0 Å². The van der Waals surface area contributed by atoms with Gasteiger partial charge in [0.15, 0.2) is 4.75 Å². The number of amides is 6. The third kappa shape index (κ3) is 13.1. The Balaban J connectivity index is 0.000000119. The van der Waals surface area contributed by atoms with E-state index < -0.39 is 210 Å². The van der Waals surface area contributed by atoms with Crippen molar-refractivity contribution in [3.8, 4) is 0 Å². The SMILES string of the molecule is CC1=C(C)[Se](=O)[C@@]2([C@@H](O)[C@@H]3C=CCCC3)C(=O)N[C@@H]12.CC1=C(C)[Te](=O)[C@@]2([C@@H](O)[C@@H]3C=CCCC3)C(=O)N[C@@H]12.CC1=C[Te](=O)[C@@]2([C@@H](O)[C@@H]3C=CCCC3)C(=O)N[C@@H]12.CC1C(=O)S(=O)[C@@]2([C@@H](O)[C@@H]3C=CCCC3)C(=O)N[C@@H]12.CC1C(=O)[Se](=O)[C@@]2([C@@H](O)[C@@H]3C=CCCC3)C(=O)N[C@@H]12.CC1C(=O)[Te](=O)[C@@]2([C@@H](O)[C@@H]3C=CCCC3)C(=O)N[C@@H]12. The number of hydrogen-bond acceptors (Lipinski definition) is 21. The summed E-state index contributed by atoms with van der Waals surface area (Å²) >= 11 is -15.0. The van der Waals surface area contributed by atoms with Crippen molar-refractivity contribution in [2.24, 2.45) is 53.3 Å². The molecule has 30 atom stereocenters. The van der Waals surface area contributed by atoms with E-state index in [1.807, 2.05) is 89.3 Å². The van der Waals surface area contributed by atoms with Gasteiger partial charge in [-0.1, -0.05) is 19.1 Å². The molecule has 0 aromatic carbocycles. The van der Waals surface area contributed by atoms with Crippen LogP contribution in [0.15, 0.2) is 102 Å². The molecule has 9 fully saturated rings. The van der Waals surface area contributed by atoms with Crippen molar-refractivity contribution in [2.45, 2.75) is 268 Å². The summed E-state index contributed by atoms with van der Waals surface area (Å²) in [7, 11) is -1.94. The van der Waals surface area contributed by atoms with Gasteiger partial charge in [0.05, 0.1) is 18.1 Å². The topological polar surface area (TPSA) is 450 Å². The Hall–Kier alpha value is -4.19. The molecule has 6 aliphatic carbocycles. The molecular weight excluding hydrogens is 1950 g/mol. The van der Waals surface area contributed by atoms with Crippen LogP contribution in [0.4, 0.5) is 0 Å². The maximum absolute atomic E-state index is 12.7. The van der Waals surface area contributed by atoms with E-state index in [0.717, 1.165) is 140 Å². The van der Waals surface area contributed by atoms with E-state index in [0.29, 0.717) is 0 Å². The Kier molecular flexibility index (Phi) is 25.6. The number of aliphatic hydroxyl groups is 6. The zero-order chi connectivity index (χ0) is 81.8. The number of hydrogen-bond donors (Lipinski definition) is 12. The van der Waals surface area contributed by atoms with Gasteiger partial charge in [0.1, 0.15) is 10.8 Å². The van der Waals surface area contributed by atoms with Gasteiger partial charge in [-0.3, -0.25) is 13.8 Å². The van der Waals surface area contributed by atoms with E-state index in [1.54, 1.807) is 24.9 Å². The minimum atomic E-state index is -3.52. The first-order chi connectivity index (χ1) is 53.6. The van der Waals surface area contributed by atoms with Crippen molar-refractivity contribution >= 4 is 146 Å². The molecule has 27 nitrogen and oxygen atoms in total. The van der Waals surface area contributed by atoms with Gasteiger partial charge in [-0.05, 0) is 19.3 Å². The quantitative estimate of drug-likeness (QED) is 0.0756. The summed E-state index contributed by atoms with van der Waals surface area (Å²) in [6.07, 6.45) is 35.2. The standard InChI is InChI=1S/C14H19NO3Se.C14H19NO3Te.C13H17NO4S.C13H17NO4Se.C13H17NO4Te.C13H17NO3Te/c2*1-8-9(2)19(18)14(11(8)15-13(14)17)12(16)10-6-4-3-5-7-10;3*1-7-9-13(12(17)14-9,19(18)11(7)16)10(15)8-5-3-2-4-6-8;1-8-7-18(17)13(10(8)14-12(13)16)11(15)9-5-3-2-4-6-9/h2*4,6,10-12,16H,3,5,7H2,1-2H3,(H,15,17);3*3,5,7-10,15H,2,4,6H2,1H3,(H,14,17);3,5,7,9-11,15H,2,4,6H2,1H3,(H,14,16)/t10-,11+,12+,14+,19?;10-,11+,12+,14+;2*7?,8-,9+,10+,13+,19?;7?,8-,9+,10+,13+;9-,10+,11+,13+/m111111/s1. The molecule has 12 heterocycles. The molecule has 0 aromatic rings. The van der Waals surface area contributed by atoms with Gasteiger partial charge in [0.25, 0.3) is 0 Å². The van der Waals surface area contributed by atoms with Gasteiger partial charge in [-0.15, -0.1) is 0 Å². The molecule has 12 N–H and O–H groups in total. The van der Waals surface area contributed by atoms with Crippen molar-refractivity contribution in [3.63, 3.8) is 0 Å². The third-order valence-corrected chi connectivity index (χ3v) is 55.8.